The molecule has 6 nitrogen and oxygen atoms in total. The minimum Gasteiger partial charge on any atom is -0.550 e. The zero-order valence-electron chi connectivity index (χ0n) is 10.6. The summed E-state index contributed by atoms with van der Waals surface area (Å²) in [7, 11) is 0. The molecular formula is C14H13N2O4-. The van der Waals surface area contributed by atoms with Crippen LogP contribution in [0, 0.1) is 11.8 Å². The lowest BCUT2D eigenvalue weighted by Crippen LogP contribution is -2.46. The average Bonchev–Trinajstić information content (AvgIpc) is 3.06. The van der Waals surface area contributed by atoms with Crippen molar-refractivity contribution in [2.75, 3.05) is 0 Å². The Morgan fingerprint density at radius 2 is 1.85 bits per heavy atom. The number of ether oxygens (including phenoxy) is 1. The minimum absolute atomic E-state index is 0.326. The van der Waals surface area contributed by atoms with Crippen LogP contribution in [0.1, 0.15) is 5.56 Å². The predicted octanol–water partition coefficient (Wildman–Crippen LogP) is -0.983. The molecule has 0 aliphatic carbocycles. The number of amides is 1. The highest BCUT2D eigenvalue weighted by Crippen LogP contribution is 2.38. The second-order valence-corrected chi connectivity index (χ2v) is 4.89. The summed E-state index contributed by atoms with van der Waals surface area (Å²) >= 11 is 0. The predicted molar refractivity (Wildman–Crippen MR) is 65.9 cm³/mol. The fourth-order valence-corrected chi connectivity index (χ4v) is 2.71. The highest BCUT2D eigenvalue weighted by Gasteiger charge is 2.50. The SMILES string of the molecule is O=C(NCc1ccncc1)[C@@H]1[C@@H](C(=O)[O-])[C@H]2C=C[C@@H]1O2. The highest BCUT2D eigenvalue weighted by molar-refractivity contribution is 5.86. The number of pyridine rings is 1. The molecule has 0 radical (unpaired) electrons. The number of hydrogen-bond acceptors (Lipinski definition) is 5. The molecule has 2 aliphatic heterocycles. The van der Waals surface area contributed by atoms with E-state index in [1.165, 1.54) is 0 Å². The standard InChI is InChI=1S/C14H14N2O4/c17-13(16-7-8-3-5-15-6-4-8)11-9-1-2-10(20-9)12(11)14(18)19/h1-6,9-12H,7H2,(H,16,17)(H,18,19)/p-1/t9-,10+,11-,12-/m0/s1. The summed E-state index contributed by atoms with van der Waals surface area (Å²) in [5, 5.41) is 13.9. The van der Waals surface area contributed by atoms with Gasteiger partial charge < -0.3 is 20.0 Å². The van der Waals surface area contributed by atoms with Gasteiger partial charge in [-0.15, -0.1) is 0 Å². The van der Waals surface area contributed by atoms with Gasteiger partial charge in [-0.1, -0.05) is 12.2 Å². The van der Waals surface area contributed by atoms with E-state index < -0.39 is 30.0 Å². The van der Waals surface area contributed by atoms with Gasteiger partial charge in [-0.25, -0.2) is 0 Å². The number of nitrogens with zero attached hydrogens (tertiary/aromatic N) is 1. The van der Waals surface area contributed by atoms with Crippen molar-refractivity contribution in [2.24, 2.45) is 11.8 Å². The first-order chi connectivity index (χ1) is 9.66. The zero-order chi connectivity index (χ0) is 14.1. The Morgan fingerprint density at radius 3 is 2.50 bits per heavy atom. The summed E-state index contributed by atoms with van der Waals surface area (Å²) in [6.07, 6.45) is 5.66. The van der Waals surface area contributed by atoms with Gasteiger partial charge in [0.2, 0.25) is 5.91 Å². The number of carbonyl (C=O) groups is 2. The highest BCUT2D eigenvalue weighted by atomic mass is 16.5. The van der Waals surface area contributed by atoms with Crippen LogP contribution in [0.2, 0.25) is 0 Å². The Hall–Kier alpha value is -2.21. The first-order valence-electron chi connectivity index (χ1n) is 6.38. The van der Waals surface area contributed by atoms with E-state index in [4.69, 9.17) is 4.74 Å². The summed E-state index contributed by atoms with van der Waals surface area (Å²) < 4.78 is 5.43. The van der Waals surface area contributed by atoms with E-state index in [0.717, 1.165) is 5.56 Å². The molecule has 0 aromatic carbocycles. The van der Waals surface area contributed by atoms with Gasteiger partial charge >= 0.3 is 0 Å². The number of aromatic nitrogens is 1. The van der Waals surface area contributed by atoms with Gasteiger partial charge in [0.15, 0.2) is 0 Å². The number of hydrogen-bond donors (Lipinski definition) is 1. The van der Waals surface area contributed by atoms with E-state index in [9.17, 15) is 14.7 Å². The summed E-state index contributed by atoms with van der Waals surface area (Å²) in [6.45, 7) is 0.332. The molecule has 20 heavy (non-hydrogen) atoms. The molecule has 1 aromatic heterocycles. The van der Waals surface area contributed by atoms with E-state index in [1.807, 2.05) is 0 Å². The Morgan fingerprint density at radius 1 is 1.20 bits per heavy atom. The minimum atomic E-state index is -1.24. The maximum Gasteiger partial charge on any atom is 0.227 e. The third-order valence-electron chi connectivity index (χ3n) is 3.69. The molecule has 0 saturated carbocycles. The van der Waals surface area contributed by atoms with Crippen LogP contribution >= 0.6 is 0 Å². The molecule has 1 saturated heterocycles. The largest absolute Gasteiger partial charge is 0.550 e. The van der Waals surface area contributed by atoms with Gasteiger partial charge in [0.1, 0.15) is 0 Å². The molecule has 1 amide bonds. The molecule has 1 aromatic rings. The number of fused-ring (bicyclic) bond motifs is 2. The summed E-state index contributed by atoms with van der Waals surface area (Å²) in [6, 6.07) is 3.57. The molecule has 6 heteroatoms. The maximum atomic E-state index is 12.2. The molecule has 2 aliphatic rings. The molecule has 104 valence electrons. The molecule has 3 rings (SSSR count). The van der Waals surface area contributed by atoms with Crippen molar-refractivity contribution in [3.63, 3.8) is 0 Å². The van der Waals surface area contributed by atoms with E-state index in [2.05, 4.69) is 10.3 Å². The van der Waals surface area contributed by atoms with Crippen molar-refractivity contribution in [1.82, 2.24) is 10.3 Å². The van der Waals surface area contributed by atoms with E-state index >= 15 is 0 Å². The van der Waals surface area contributed by atoms with Crippen LogP contribution in [0.25, 0.3) is 0 Å². The fourth-order valence-electron chi connectivity index (χ4n) is 2.71. The number of carbonyl (C=O) groups excluding carboxylic acids is 2. The zero-order valence-corrected chi connectivity index (χ0v) is 10.6. The van der Waals surface area contributed by atoms with E-state index in [1.54, 1.807) is 36.7 Å². The van der Waals surface area contributed by atoms with Crippen molar-refractivity contribution in [3.8, 4) is 0 Å². The lowest BCUT2D eigenvalue weighted by Gasteiger charge is -2.24. The quantitative estimate of drug-likeness (QED) is 0.712. The first kappa shape index (κ1) is 12.8. The number of nitrogens with one attached hydrogen (secondary N) is 1. The van der Waals surface area contributed by atoms with Gasteiger partial charge in [-0.05, 0) is 17.7 Å². The molecule has 2 bridgehead atoms. The first-order valence-corrected chi connectivity index (χ1v) is 6.38. The van der Waals surface area contributed by atoms with Gasteiger partial charge in [-0.2, -0.15) is 0 Å². The number of rotatable bonds is 4. The van der Waals surface area contributed by atoms with Crippen LogP contribution in [0.3, 0.4) is 0 Å². The Balaban J connectivity index is 1.68. The molecule has 1 N–H and O–H groups in total. The lowest BCUT2D eigenvalue weighted by molar-refractivity contribution is -0.313. The Labute approximate surface area is 115 Å². The summed E-state index contributed by atoms with van der Waals surface area (Å²) in [5.74, 6) is -3.21. The number of carboxylic acids is 1. The Kier molecular flexibility index (Phi) is 3.23. The fraction of sp³-hybridized carbons (Fsp3) is 0.357. The van der Waals surface area contributed by atoms with Crippen LogP contribution in [0.4, 0.5) is 0 Å². The second kappa shape index (κ2) is 5.05. The van der Waals surface area contributed by atoms with Crippen molar-refractivity contribution in [3.05, 3.63) is 42.2 Å². The number of aliphatic carboxylic acids is 1. The monoisotopic (exact) mass is 273 g/mol. The third kappa shape index (κ3) is 2.18. The van der Waals surface area contributed by atoms with Gasteiger partial charge in [0, 0.05) is 30.8 Å². The van der Waals surface area contributed by atoms with Gasteiger partial charge in [0.25, 0.3) is 0 Å². The molecule has 1 fully saturated rings. The van der Waals surface area contributed by atoms with E-state index in [-0.39, 0.29) is 5.91 Å². The van der Waals surface area contributed by atoms with Crippen LogP contribution in [0.5, 0.6) is 0 Å². The third-order valence-corrected chi connectivity index (χ3v) is 3.69. The Bertz CT molecular complexity index is 558. The van der Waals surface area contributed by atoms with Gasteiger partial charge in [-0.3, -0.25) is 9.78 Å². The van der Waals surface area contributed by atoms with Crippen LogP contribution in [-0.2, 0) is 20.9 Å². The summed E-state index contributed by atoms with van der Waals surface area (Å²) in [5.41, 5.74) is 0.901. The molecule has 3 heterocycles. The lowest BCUT2D eigenvalue weighted by atomic mass is 9.82. The molecule has 0 unspecified atom stereocenters. The smallest absolute Gasteiger partial charge is 0.227 e. The number of carboxylic acid groups (broad SMARTS) is 1. The molecule has 0 spiro atoms. The van der Waals surface area contributed by atoms with Crippen LogP contribution in [0.15, 0.2) is 36.7 Å². The van der Waals surface area contributed by atoms with Crippen LogP contribution < -0.4 is 10.4 Å². The van der Waals surface area contributed by atoms with Crippen molar-refractivity contribution in [2.45, 2.75) is 18.8 Å². The van der Waals surface area contributed by atoms with Crippen LogP contribution in [-0.4, -0.2) is 29.1 Å². The van der Waals surface area contributed by atoms with Crippen molar-refractivity contribution < 1.29 is 19.4 Å². The average molecular weight is 273 g/mol. The van der Waals surface area contributed by atoms with E-state index in [0.29, 0.717) is 6.54 Å². The molecule has 4 atom stereocenters. The topological polar surface area (TPSA) is 91.4 Å². The van der Waals surface area contributed by atoms with Crippen molar-refractivity contribution in [1.29, 1.82) is 0 Å². The normalized spacial score (nSPS) is 30.4. The van der Waals surface area contributed by atoms with Crippen molar-refractivity contribution >= 4 is 11.9 Å². The molecular weight excluding hydrogens is 260 g/mol. The maximum absolute atomic E-state index is 12.2. The second-order valence-electron chi connectivity index (χ2n) is 4.89. The van der Waals surface area contributed by atoms with Gasteiger partial charge in [0.05, 0.1) is 18.1 Å². The summed E-state index contributed by atoms with van der Waals surface area (Å²) in [4.78, 5) is 27.2.